The standard InChI is InChI=1S/C10H11NO4S/c1-16(14,15)9-5-3-2-4-7(9)10(13)8(12)6-11/h2-5,8,10,12-13H,1H3. The number of hydrogen-bond acceptors (Lipinski definition) is 5. The number of aliphatic hydroxyl groups excluding tert-OH is 2. The summed E-state index contributed by atoms with van der Waals surface area (Å²) in [5.41, 5.74) is 0.0269. The molecule has 0 spiro atoms. The van der Waals surface area contributed by atoms with Gasteiger partial charge in [-0.3, -0.25) is 0 Å². The van der Waals surface area contributed by atoms with Crippen molar-refractivity contribution in [2.45, 2.75) is 17.1 Å². The zero-order valence-corrected chi connectivity index (χ0v) is 9.35. The summed E-state index contributed by atoms with van der Waals surface area (Å²) >= 11 is 0. The van der Waals surface area contributed by atoms with Crippen molar-refractivity contribution in [3.05, 3.63) is 29.8 Å². The Morgan fingerprint density at radius 1 is 1.31 bits per heavy atom. The second-order valence-corrected chi connectivity index (χ2v) is 5.31. The number of hydrogen-bond donors (Lipinski definition) is 2. The van der Waals surface area contributed by atoms with E-state index in [1.54, 1.807) is 0 Å². The van der Waals surface area contributed by atoms with Crippen LogP contribution in [0, 0.1) is 11.3 Å². The van der Waals surface area contributed by atoms with Crippen LogP contribution in [-0.4, -0.2) is 31.0 Å². The minimum atomic E-state index is -3.50. The number of aliphatic hydroxyl groups is 2. The fourth-order valence-corrected chi connectivity index (χ4v) is 2.25. The van der Waals surface area contributed by atoms with Crippen molar-refractivity contribution in [3.63, 3.8) is 0 Å². The fraction of sp³-hybridized carbons (Fsp3) is 0.300. The molecule has 1 rings (SSSR count). The summed E-state index contributed by atoms with van der Waals surface area (Å²) in [5, 5.41) is 27.2. The lowest BCUT2D eigenvalue weighted by molar-refractivity contribution is 0.0509. The lowest BCUT2D eigenvalue weighted by Crippen LogP contribution is -2.18. The predicted molar refractivity (Wildman–Crippen MR) is 56.1 cm³/mol. The van der Waals surface area contributed by atoms with Crippen molar-refractivity contribution in [1.29, 1.82) is 5.26 Å². The Hall–Kier alpha value is -1.42. The molecule has 0 saturated heterocycles. The molecule has 16 heavy (non-hydrogen) atoms. The monoisotopic (exact) mass is 241 g/mol. The van der Waals surface area contributed by atoms with Crippen LogP contribution in [0.3, 0.4) is 0 Å². The van der Waals surface area contributed by atoms with Gasteiger partial charge in [-0.05, 0) is 6.07 Å². The van der Waals surface area contributed by atoms with Gasteiger partial charge in [0, 0.05) is 11.8 Å². The van der Waals surface area contributed by atoms with E-state index in [2.05, 4.69) is 0 Å². The van der Waals surface area contributed by atoms with Crippen LogP contribution < -0.4 is 0 Å². The maximum absolute atomic E-state index is 11.4. The summed E-state index contributed by atoms with van der Waals surface area (Å²) in [4.78, 5) is -0.0863. The number of nitrogens with zero attached hydrogens (tertiary/aromatic N) is 1. The van der Waals surface area contributed by atoms with Gasteiger partial charge >= 0.3 is 0 Å². The molecule has 0 amide bonds. The van der Waals surface area contributed by atoms with Crippen molar-refractivity contribution in [1.82, 2.24) is 0 Å². The van der Waals surface area contributed by atoms with Gasteiger partial charge in [0.1, 0.15) is 6.10 Å². The maximum Gasteiger partial charge on any atom is 0.175 e. The van der Waals surface area contributed by atoms with Crippen molar-refractivity contribution in [2.24, 2.45) is 0 Å². The van der Waals surface area contributed by atoms with E-state index in [9.17, 15) is 13.5 Å². The van der Waals surface area contributed by atoms with E-state index >= 15 is 0 Å². The van der Waals surface area contributed by atoms with Gasteiger partial charge in [-0.1, -0.05) is 18.2 Å². The zero-order chi connectivity index (χ0) is 12.3. The highest BCUT2D eigenvalue weighted by Crippen LogP contribution is 2.24. The van der Waals surface area contributed by atoms with Crippen LogP contribution in [0.2, 0.25) is 0 Å². The third kappa shape index (κ3) is 2.58. The smallest absolute Gasteiger partial charge is 0.175 e. The van der Waals surface area contributed by atoms with E-state index in [1.165, 1.54) is 30.3 Å². The molecule has 2 unspecified atom stereocenters. The van der Waals surface area contributed by atoms with E-state index in [4.69, 9.17) is 10.4 Å². The molecule has 1 aromatic rings. The zero-order valence-electron chi connectivity index (χ0n) is 8.53. The van der Waals surface area contributed by atoms with Gasteiger partial charge in [0.2, 0.25) is 0 Å². The Kier molecular flexibility index (Phi) is 3.65. The summed E-state index contributed by atoms with van der Waals surface area (Å²) in [6.07, 6.45) is -2.18. The fourth-order valence-electron chi connectivity index (χ4n) is 1.30. The highest BCUT2D eigenvalue weighted by Gasteiger charge is 2.23. The van der Waals surface area contributed by atoms with Crippen molar-refractivity contribution in [2.75, 3.05) is 6.26 Å². The lowest BCUT2D eigenvalue weighted by Gasteiger charge is -2.15. The third-order valence-electron chi connectivity index (χ3n) is 2.07. The van der Waals surface area contributed by atoms with Crippen LogP contribution in [0.25, 0.3) is 0 Å². The Morgan fingerprint density at radius 2 is 1.88 bits per heavy atom. The molecule has 2 N–H and O–H groups in total. The number of rotatable bonds is 3. The van der Waals surface area contributed by atoms with Gasteiger partial charge in [-0.15, -0.1) is 0 Å². The number of sulfone groups is 1. The minimum Gasteiger partial charge on any atom is -0.385 e. The Balaban J connectivity index is 3.31. The van der Waals surface area contributed by atoms with Gasteiger partial charge in [0.25, 0.3) is 0 Å². The highest BCUT2D eigenvalue weighted by atomic mass is 32.2. The van der Waals surface area contributed by atoms with Crippen LogP contribution in [0.4, 0.5) is 0 Å². The van der Waals surface area contributed by atoms with Crippen molar-refractivity contribution >= 4 is 9.84 Å². The maximum atomic E-state index is 11.4. The Bertz CT molecular complexity index is 518. The first-order valence-electron chi connectivity index (χ1n) is 4.42. The molecule has 0 saturated carbocycles. The minimum absolute atomic E-state index is 0.0269. The van der Waals surface area contributed by atoms with E-state index in [0.717, 1.165) is 6.26 Å². The van der Waals surface area contributed by atoms with E-state index < -0.39 is 22.0 Å². The van der Waals surface area contributed by atoms with E-state index in [0.29, 0.717) is 0 Å². The molecule has 6 heteroatoms. The van der Waals surface area contributed by atoms with Crippen LogP contribution in [0.1, 0.15) is 11.7 Å². The molecule has 1 aromatic carbocycles. The van der Waals surface area contributed by atoms with Gasteiger partial charge in [-0.2, -0.15) is 5.26 Å². The largest absolute Gasteiger partial charge is 0.385 e. The molecule has 0 aliphatic heterocycles. The van der Waals surface area contributed by atoms with Crippen molar-refractivity contribution < 1.29 is 18.6 Å². The molecule has 0 bridgehead atoms. The first-order chi connectivity index (χ1) is 7.38. The Labute approximate surface area is 93.5 Å². The first kappa shape index (κ1) is 12.6. The summed E-state index contributed by atoms with van der Waals surface area (Å²) in [7, 11) is -3.50. The van der Waals surface area contributed by atoms with Gasteiger partial charge < -0.3 is 10.2 Å². The second kappa shape index (κ2) is 4.61. The van der Waals surface area contributed by atoms with Gasteiger partial charge in [0.15, 0.2) is 15.9 Å². The summed E-state index contributed by atoms with van der Waals surface area (Å²) < 4.78 is 22.8. The lowest BCUT2D eigenvalue weighted by atomic mass is 10.1. The van der Waals surface area contributed by atoms with Crippen LogP contribution >= 0.6 is 0 Å². The molecule has 0 heterocycles. The molecule has 86 valence electrons. The second-order valence-electron chi connectivity index (χ2n) is 3.33. The molecule has 5 nitrogen and oxygen atoms in total. The Morgan fingerprint density at radius 3 is 2.38 bits per heavy atom. The van der Waals surface area contributed by atoms with Crippen molar-refractivity contribution in [3.8, 4) is 6.07 Å². The van der Waals surface area contributed by atoms with Gasteiger partial charge in [-0.25, -0.2) is 8.42 Å². The first-order valence-corrected chi connectivity index (χ1v) is 6.32. The number of benzene rings is 1. The molecular weight excluding hydrogens is 230 g/mol. The normalized spacial score (nSPS) is 15.1. The average molecular weight is 241 g/mol. The predicted octanol–water partition coefficient (Wildman–Crippen LogP) is 0.00798. The average Bonchev–Trinajstić information content (AvgIpc) is 2.26. The third-order valence-corrected chi connectivity index (χ3v) is 3.24. The van der Waals surface area contributed by atoms with E-state index in [1.807, 2.05) is 0 Å². The molecule has 2 atom stereocenters. The van der Waals surface area contributed by atoms with Crippen LogP contribution in [0.5, 0.6) is 0 Å². The molecule has 0 radical (unpaired) electrons. The van der Waals surface area contributed by atoms with Crippen LogP contribution in [0.15, 0.2) is 29.2 Å². The summed E-state index contributed by atoms with van der Waals surface area (Å²) in [5.74, 6) is 0. The SMILES string of the molecule is CS(=O)(=O)c1ccccc1C(O)C(O)C#N. The molecule has 0 aliphatic carbocycles. The van der Waals surface area contributed by atoms with E-state index in [-0.39, 0.29) is 10.5 Å². The molecule has 0 aliphatic rings. The topological polar surface area (TPSA) is 98.4 Å². The summed E-state index contributed by atoms with van der Waals surface area (Å²) in [6.45, 7) is 0. The summed E-state index contributed by atoms with van der Waals surface area (Å²) in [6, 6.07) is 7.16. The highest BCUT2D eigenvalue weighted by molar-refractivity contribution is 7.90. The molecular formula is C10H11NO4S. The van der Waals surface area contributed by atoms with Gasteiger partial charge in [0.05, 0.1) is 11.0 Å². The quantitative estimate of drug-likeness (QED) is 0.726. The number of nitriles is 1. The molecule has 0 fully saturated rings. The molecule has 0 aromatic heterocycles. The van der Waals surface area contributed by atoms with Crippen LogP contribution in [-0.2, 0) is 9.84 Å².